The van der Waals surface area contributed by atoms with Crippen LogP contribution in [0.1, 0.15) is 25.7 Å². The third kappa shape index (κ3) is 8.93. The number of allylic oxidation sites excluding steroid dienone is 2. The summed E-state index contributed by atoms with van der Waals surface area (Å²) in [6.07, 6.45) is 3.86. The highest BCUT2D eigenvalue weighted by molar-refractivity contribution is 8.24. The molecular formula is C16H26O2S6. The molecule has 2 aliphatic rings. The molecule has 8 heteroatoms. The smallest absolute Gasteiger partial charge is 0.0678 e. The van der Waals surface area contributed by atoms with Crippen LogP contribution in [0.25, 0.3) is 0 Å². The molecule has 2 heterocycles. The lowest BCUT2D eigenvalue weighted by Crippen LogP contribution is -2.01. The number of hydrogen-bond acceptors (Lipinski definition) is 8. The molecule has 2 N–H and O–H groups in total. The minimum atomic E-state index is 0.301. The summed E-state index contributed by atoms with van der Waals surface area (Å²) in [4.78, 5) is 2.91. The van der Waals surface area contributed by atoms with Crippen molar-refractivity contribution in [2.24, 2.45) is 0 Å². The van der Waals surface area contributed by atoms with Crippen LogP contribution in [0.3, 0.4) is 0 Å². The van der Waals surface area contributed by atoms with Gasteiger partial charge < -0.3 is 10.2 Å². The Kier molecular flexibility index (Phi) is 12.4. The van der Waals surface area contributed by atoms with Crippen LogP contribution < -0.4 is 0 Å². The van der Waals surface area contributed by atoms with Crippen molar-refractivity contribution in [2.75, 3.05) is 36.2 Å². The molecule has 0 spiro atoms. The third-order valence-electron chi connectivity index (χ3n) is 3.31. The molecular weight excluding hydrogens is 417 g/mol. The minimum absolute atomic E-state index is 0.301. The van der Waals surface area contributed by atoms with E-state index in [0.29, 0.717) is 22.4 Å². The first-order valence-corrected chi connectivity index (χ1v) is 14.2. The summed E-state index contributed by atoms with van der Waals surface area (Å²) in [5, 5.41) is 22.3. The van der Waals surface area contributed by atoms with E-state index in [1.54, 1.807) is 0 Å². The molecule has 2 rings (SSSR count). The zero-order chi connectivity index (χ0) is 17.0. The van der Waals surface area contributed by atoms with Crippen LogP contribution in [0, 0.1) is 0 Å². The predicted molar refractivity (Wildman–Crippen MR) is 121 cm³/mol. The van der Waals surface area contributed by atoms with E-state index in [9.17, 15) is 0 Å². The molecule has 24 heavy (non-hydrogen) atoms. The Morgan fingerprint density at radius 3 is 1.67 bits per heavy atom. The molecule has 0 fully saturated rings. The van der Waals surface area contributed by atoms with Crippen molar-refractivity contribution >= 4 is 70.6 Å². The van der Waals surface area contributed by atoms with E-state index < -0.39 is 0 Å². The van der Waals surface area contributed by atoms with Crippen molar-refractivity contribution in [1.29, 1.82) is 0 Å². The van der Waals surface area contributed by atoms with Crippen LogP contribution >= 0.6 is 70.6 Å². The van der Waals surface area contributed by atoms with Gasteiger partial charge >= 0.3 is 0 Å². The molecule has 0 aliphatic carbocycles. The molecule has 0 aromatic heterocycles. The summed E-state index contributed by atoms with van der Waals surface area (Å²) in [7, 11) is 0. The van der Waals surface area contributed by atoms with E-state index in [2.05, 4.69) is 34.3 Å². The summed E-state index contributed by atoms with van der Waals surface area (Å²) in [5.41, 5.74) is 0. The molecule has 0 saturated heterocycles. The fourth-order valence-electron chi connectivity index (χ4n) is 2.12. The zero-order valence-electron chi connectivity index (χ0n) is 13.7. The predicted octanol–water partition coefficient (Wildman–Crippen LogP) is 5.29. The van der Waals surface area contributed by atoms with E-state index in [-0.39, 0.29) is 0 Å². The number of aliphatic hydroxyl groups excluding tert-OH is 2. The number of rotatable bonds is 13. The van der Waals surface area contributed by atoms with E-state index >= 15 is 0 Å². The second kappa shape index (κ2) is 13.6. The highest BCUT2D eigenvalue weighted by atomic mass is 32.2. The highest BCUT2D eigenvalue weighted by Gasteiger charge is 2.19. The van der Waals surface area contributed by atoms with Crippen LogP contribution in [-0.4, -0.2) is 55.6 Å². The molecule has 2 atom stereocenters. The summed E-state index contributed by atoms with van der Waals surface area (Å²) in [5.74, 6) is 4.91. The Labute approximate surface area is 171 Å². The molecule has 2 aliphatic heterocycles. The minimum Gasteiger partial charge on any atom is -0.396 e. The second-order valence-corrected chi connectivity index (χ2v) is 13.0. The Hall–Kier alpha value is 1.50. The van der Waals surface area contributed by atoms with Crippen molar-refractivity contribution in [3.05, 3.63) is 20.6 Å². The fourth-order valence-corrected chi connectivity index (χ4v) is 10.4. The molecule has 2 unspecified atom stereocenters. The van der Waals surface area contributed by atoms with Gasteiger partial charge in [0, 0.05) is 36.2 Å². The van der Waals surface area contributed by atoms with Gasteiger partial charge in [0.2, 0.25) is 0 Å². The summed E-state index contributed by atoms with van der Waals surface area (Å²) < 4.78 is 1.35. The van der Waals surface area contributed by atoms with Crippen LogP contribution in [0.4, 0.5) is 0 Å². The fraction of sp³-hybridized carbons (Fsp3) is 0.750. The number of thioether (sulfide) groups is 6. The van der Waals surface area contributed by atoms with Gasteiger partial charge in [0.15, 0.2) is 0 Å². The van der Waals surface area contributed by atoms with Gasteiger partial charge in [0.05, 0.1) is 9.16 Å². The molecule has 0 saturated carbocycles. The van der Waals surface area contributed by atoms with Crippen LogP contribution in [-0.2, 0) is 0 Å². The first kappa shape index (κ1) is 21.8. The average molecular weight is 443 g/mol. The molecule has 0 amide bonds. The summed E-state index contributed by atoms with van der Waals surface area (Å²) in [6.45, 7) is 0.602. The lowest BCUT2D eigenvalue weighted by molar-refractivity contribution is 0.289. The Bertz CT molecular complexity index is 377. The Balaban J connectivity index is 1.40. The van der Waals surface area contributed by atoms with Crippen molar-refractivity contribution < 1.29 is 10.2 Å². The molecule has 0 aromatic rings. The first-order chi connectivity index (χ1) is 11.8. The van der Waals surface area contributed by atoms with Crippen molar-refractivity contribution in [3.8, 4) is 0 Å². The monoisotopic (exact) mass is 442 g/mol. The van der Waals surface area contributed by atoms with Gasteiger partial charge in [-0.2, -0.15) is 23.5 Å². The molecule has 0 bridgehead atoms. The van der Waals surface area contributed by atoms with Gasteiger partial charge in [-0.15, -0.1) is 47.0 Å². The topological polar surface area (TPSA) is 40.5 Å². The maximum Gasteiger partial charge on any atom is 0.0678 e. The van der Waals surface area contributed by atoms with E-state index in [1.165, 1.54) is 32.8 Å². The van der Waals surface area contributed by atoms with Crippen molar-refractivity contribution in [1.82, 2.24) is 0 Å². The Morgan fingerprint density at radius 1 is 0.792 bits per heavy atom. The van der Waals surface area contributed by atoms with Crippen LogP contribution in [0.15, 0.2) is 20.6 Å². The SMILES string of the molecule is OCCCC1=CSC(CSCCSCC2SC=C(CCCO)S2)S1. The first-order valence-electron chi connectivity index (χ1n) is 8.21. The molecule has 2 nitrogen and oxygen atoms in total. The normalized spacial score (nSPS) is 23.6. The average Bonchev–Trinajstić information content (AvgIpc) is 3.23. The van der Waals surface area contributed by atoms with E-state index in [1.807, 2.05) is 47.0 Å². The lowest BCUT2D eigenvalue weighted by atomic mass is 10.3. The number of hydrogen-bond donors (Lipinski definition) is 2. The molecule has 0 radical (unpaired) electrons. The Morgan fingerprint density at radius 2 is 1.25 bits per heavy atom. The van der Waals surface area contributed by atoms with Gasteiger partial charge in [-0.1, -0.05) is 0 Å². The largest absolute Gasteiger partial charge is 0.396 e. The van der Waals surface area contributed by atoms with Gasteiger partial charge in [-0.05, 0) is 46.3 Å². The van der Waals surface area contributed by atoms with Crippen LogP contribution in [0.2, 0.25) is 0 Å². The maximum absolute atomic E-state index is 8.88. The quantitative estimate of drug-likeness (QED) is 0.373. The zero-order valence-corrected chi connectivity index (χ0v) is 18.6. The van der Waals surface area contributed by atoms with Crippen LogP contribution in [0.5, 0.6) is 0 Å². The van der Waals surface area contributed by atoms with Gasteiger partial charge in [0.1, 0.15) is 0 Å². The number of aliphatic hydroxyl groups is 2. The lowest BCUT2D eigenvalue weighted by Gasteiger charge is -2.10. The van der Waals surface area contributed by atoms with Crippen molar-refractivity contribution in [2.45, 2.75) is 34.8 Å². The molecule has 138 valence electrons. The summed E-state index contributed by atoms with van der Waals surface area (Å²) >= 11 is 12.0. The van der Waals surface area contributed by atoms with Gasteiger partial charge in [-0.3, -0.25) is 0 Å². The highest BCUT2D eigenvalue weighted by Crippen LogP contribution is 2.44. The van der Waals surface area contributed by atoms with Gasteiger partial charge in [-0.25, -0.2) is 0 Å². The maximum atomic E-state index is 8.88. The van der Waals surface area contributed by atoms with Gasteiger partial charge in [0.25, 0.3) is 0 Å². The second-order valence-electron chi connectivity index (χ2n) is 5.34. The van der Waals surface area contributed by atoms with E-state index in [0.717, 1.165) is 25.7 Å². The third-order valence-corrected chi connectivity index (χ3v) is 12.0. The standard InChI is InChI=1S/C16H26O2S6/c17-5-1-3-13-9-21-15(23-13)11-19-7-8-20-12-16-22-10-14(24-16)4-2-6-18/h9-10,15-18H,1-8,11-12H2. The molecule has 0 aromatic carbocycles. The summed E-state index contributed by atoms with van der Waals surface area (Å²) in [6, 6.07) is 0. The van der Waals surface area contributed by atoms with E-state index in [4.69, 9.17) is 10.2 Å². The van der Waals surface area contributed by atoms with Crippen molar-refractivity contribution in [3.63, 3.8) is 0 Å².